The molecule has 1 aromatic rings. The zero-order chi connectivity index (χ0) is 19.0. The van der Waals surface area contributed by atoms with Crippen molar-refractivity contribution in [3.05, 3.63) is 48.6 Å². The number of H-pyrrole nitrogens is 1. The van der Waals surface area contributed by atoms with Gasteiger partial charge >= 0.3 is 5.97 Å². The molecule has 1 rings (SSSR count). The summed E-state index contributed by atoms with van der Waals surface area (Å²) in [5, 5.41) is 49.3. The number of carboxylic acids is 1. The van der Waals surface area contributed by atoms with Crippen LogP contribution < -0.4 is 5.73 Å². The van der Waals surface area contributed by atoms with Crippen LogP contribution in [0.25, 0.3) is 0 Å². The maximum Gasteiger partial charge on any atom is 0.320 e. The zero-order valence-corrected chi connectivity index (χ0v) is 11.0. The summed E-state index contributed by atoms with van der Waals surface area (Å²) in [6.07, 6.45) is 3.38. The topological polar surface area (TPSA) is 282 Å². The van der Waals surface area contributed by atoms with E-state index >= 15 is 0 Å². The van der Waals surface area contributed by atoms with Gasteiger partial charge in [-0.05, 0) is 0 Å². The maximum atomic E-state index is 10.3. The highest BCUT2D eigenvalue weighted by atomic mass is 16.9. The number of hydrogen-bond acceptors (Lipinski definition) is 9. The Balaban J connectivity index is -0.000000278. The fraction of sp³-hybridized carbons (Fsp3) is 0.333. The summed E-state index contributed by atoms with van der Waals surface area (Å²) in [5.74, 6) is -1.01. The van der Waals surface area contributed by atoms with Crippen molar-refractivity contribution in [1.82, 2.24) is 9.97 Å². The van der Waals surface area contributed by atoms with Gasteiger partial charge in [0.05, 0.1) is 12.0 Å². The minimum Gasteiger partial charge on any atom is -0.480 e. The molecule has 7 N–H and O–H groups in total. The van der Waals surface area contributed by atoms with Crippen LogP contribution in [0.3, 0.4) is 0 Å². The smallest absolute Gasteiger partial charge is 0.320 e. The summed E-state index contributed by atoms with van der Waals surface area (Å²) >= 11 is 0. The van der Waals surface area contributed by atoms with Crippen molar-refractivity contribution in [2.24, 2.45) is 5.73 Å². The highest BCUT2D eigenvalue weighted by Gasteiger charge is 2.12. The van der Waals surface area contributed by atoms with Crippen molar-refractivity contribution in [2.45, 2.75) is 12.5 Å². The van der Waals surface area contributed by atoms with Crippen molar-refractivity contribution < 1.29 is 40.8 Å². The van der Waals surface area contributed by atoms with Crippen LogP contribution in [-0.2, 0) is 11.2 Å². The van der Waals surface area contributed by atoms with Gasteiger partial charge in [-0.2, -0.15) is 0 Å². The first-order valence-corrected chi connectivity index (χ1v) is 4.85. The molecule has 23 heavy (non-hydrogen) atoms. The standard InChI is InChI=1S/C6H9N3O2.3HNO3/c7-5(6(10)11)1-4-2-8-3-9-4;3*2-1(3)4/h2-3,5H,1,7H2,(H,8,9)(H,10,11);3*(H,2,3,4)/t5-;;;/m0.../s1. The number of carbonyl (C=O) groups is 1. The number of carboxylic acid groups (broad SMARTS) is 1. The van der Waals surface area contributed by atoms with Crippen LogP contribution in [0.15, 0.2) is 12.5 Å². The maximum absolute atomic E-state index is 10.3. The second-order valence-electron chi connectivity index (χ2n) is 2.92. The first-order valence-electron chi connectivity index (χ1n) is 4.85. The van der Waals surface area contributed by atoms with Gasteiger partial charge in [-0.15, -0.1) is 30.3 Å². The molecule has 0 spiro atoms. The fourth-order valence-corrected chi connectivity index (χ4v) is 0.715. The van der Waals surface area contributed by atoms with Crippen molar-refractivity contribution in [3.63, 3.8) is 0 Å². The van der Waals surface area contributed by atoms with Gasteiger partial charge in [-0.1, -0.05) is 0 Å². The summed E-state index contributed by atoms with van der Waals surface area (Å²) in [6.45, 7) is 0. The molecule has 1 aromatic heterocycles. The second-order valence-corrected chi connectivity index (χ2v) is 2.92. The Morgan fingerprint density at radius 2 is 1.52 bits per heavy atom. The molecule has 132 valence electrons. The van der Waals surface area contributed by atoms with Gasteiger partial charge in [0.15, 0.2) is 0 Å². The lowest BCUT2D eigenvalue weighted by Crippen LogP contribution is -2.32. The van der Waals surface area contributed by atoms with Crippen LogP contribution in [-0.4, -0.2) is 58.0 Å². The number of imidazole rings is 1. The lowest BCUT2D eigenvalue weighted by atomic mass is 10.2. The SMILES string of the molecule is N[C@@H](Cc1c[nH]cn1)C(=O)O.O=[N+]([O-])O.O=[N+]([O-])O.O=[N+]([O-])O. The molecule has 17 heteroatoms. The molecule has 0 aromatic carbocycles. The van der Waals surface area contributed by atoms with Crippen LogP contribution in [0.2, 0.25) is 0 Å². The summed E-state index contributed by atoms with van der Waals surface area (Å²) in [5.41, 5.74) is 5.92. The molecule has 0 saturated carbocycles. The van der Waals surface area contributed by atoms with E-state index in [1.807, 2.05) is 0 Å². The number of nitrogens with two attached hydrogens (primary N) is 1. The van der Waals surface area contributed by atoms with Crippen molar-refractivity contribution in [3.8, 4) is 0 Å². The molecule has 0 aliphatic carbocycles. The van der Waals surface area contributed by atoms with E-state index in [9.17, 15) is 4.79 Å². The van der Waals surface area contributed by atoms with Gasteiger partial charge < -0.3 is 31.4 Å². The minimum absolute atomic E-state index is 0.263. The summed E-state index contributed by atoms with van der Waals surface area (Å²) in [6, 6.07) is -0.863. The second kappa shape index (κ2) is 14.6. The van der Waals surface area contributed by atoms with E-state index in [0.29, 0.717) is 5.69 Å². The number of nitrogens with zero attached hydrogens (tertiary/aromatic N) is 4. The third kappa shape index (κ3) is 38.1. The number of rotatable bonds is 3. The molecule has 17 nitrogen and oxygen atoms in total. The summed E-state index contributed by atoms with van der Waals surface area (Å²) in [7, 11) is 0. The highest BCUT2D eigenvalue weighted by Crippen LogP contribution is 1.95. The predicted octanol–water partition coefficient (Wildman–Crippen LogP) is -1.68. The number of hydrogen-bond donors (Lipinski definition) is 6. The molecule has 1 atom stereocenters. The van der Waals surface area contributed by atoms with Crippen molar-refractivity contribution >= 4 is 5.97 Å². The zero-order valence-electron chi connectivity index (χ0n) is 11.0. The molecular weight excluding hydrogens is 332 g/mol. The van der Waals surface area contributed by atoms with Crippen LogP contribution >= 0.6 is 0 Å². The molecule has 0 aliphatic heterocycles. The molecule has 0 saturated heterocycles. The molecule has 0 bridgehead atoms. The van der Waals surface area contributed by atoms with Gasteiger partial charge in [-0.25, -0.2) is 4.98 Å². The Bertz CT molecular complexity index is 435. The minimum atomic E-state index is -1.50. The third-order valence-electron chi connectivity index (χ3n) is 1.30. The number of aliphatic carboxylic acids is 1. The molecule has 0 radical (unpaired) electrons. The van der Waals surface area contributed by atoms with Crippen LogP contribution in [0.1, 0.15) is 5.69 Å². The Labute approximate surface area is 124 Å². The fourth-order valence-electron chi connectivity index (χ4n) is 0.715. The molecule has 0 fully saturated rings. The Hall–Kier alpha value is -3.76. The monoisotopic (exact) mass is 344 g/mol. The van der Waals surface area contributed by atoms with E-state index in [2.05, 4.69) is 9.97 Å². The number of aromatic amines is 1. The largest absolute Gasteiger partial charge is 0.480 e. The Morgan fingerprint density at radius 1 is 1.17 bits per heavy atom. The predicted molar refractivity (Wildman–Crippen MR) is 64.2 cm³/mol. The van der Waals surface area contributed by atoms with Crippen LogP contribution in [0.4, 0.5) is 0 Å². The number of aromatic nitrogens is 2. The van der Waals surface area contributed by atoms with Crippen LogP contribution in [0.5, 0.6) is 0 Å². The quantitative estimate of drug-likeness (QED) is 0.264. The molecular formula is C6H12N6O11. The molecule has 0 aliphatic rings. The van der Waals surface area contributed by atoms with E-state index in [-0.39, 0.29) is 6.42 Å². The van der Waals surface area contributed by atoms with Gasteiger partial charge in [0.25, 0.3) is 15.3 Å². The van der Waals surface area contributed by atoms with E-state index in [4.69, 9.17) is 56.8 Å². The van der Waals surface area contributed by atoms with Crippen molar-refractivity contribution in [2.75, 3.05) is 0 Å². The molecule has 0 unspecified atom stereocenters. The normalized spacial score (nSPS) is 9.26. The Kier molecular flexibility index (Phi) is 15.5. The van der Waals surface area contributed by atoms with E-state index in [1.54, 1.807) is 6.20 Å². The number of nitrogens with one attached hydrogen (secondary N) is 1. The van der Waals surface area contributed by atoms with Crippen LogP contribution in [0, 0.1) is 30.3 Å². The average molecular weight is 344 g/mol. The lowest BCUT2D eigenvalue weighted by molar-refractivity contribution is -0.742. The van der Waals surface area contributed by atoms with Gasteiger partial charge in [0, 0.05) is 12.6 Å². The van der Waals surface area contributed by atoms with Crippen molar-refractivity contribution in [1.29, 1.82) is 0 Å². The summed E-state index contributed by atoms with van der Waals surface area (Å²) in [4.78, 5) is 41.9. The average Bonchev–Trinajstić information content (AvgIpc) is 2.79. The van der Waals surface area contributed by atoms with Gasteiger partial charge in [0.1, 0.15) is 6.04 Å². The first kappa shape index (κ1) is 24.3. The highest BCUT2D eigenvalue weighted by molar-refractivity contribution is 5.73. The van der Waals surface area contributed by atoms with Gasteiger partial charge in [0.2, 0.25) is 0 Å². The third-order valence-corrected chi connectivity index (χ3v) is 1.30. The molecule has 1 heterocycles. The summed E-state index contributed by atoms with van der Waals surface area (Å²) < 4.78 is 0. The first-order chi connectivity index (χ1) is 10.4. The van der Waals surface area contributed by atoms with E-state index < -0.39 is 27.3 Å². The lowest BCUT2D eigenvalue weighted by Gasteiger charge is -2.01. The Morgan fingerprint density at radius 3 is 1.74 bits per heavy atom. The van der Waals surface area contributed by atoms with E-state index in [0.717, 1.165) is 0 Å². The van der Waals surface area contributed by atoms with E-state index in [1.165, 1.54) is 6.33 Å². The van der Waals surface area contributed by atoms with Gasteiger partial charge in [-0.3, -0.25) is 4.79 Å². The molecule has 0 amide bonds.